The third-order valence-corrected chi connectivity index (χ3v) is 4.17. The van der Waals surface area contributed by atoms with E-state index in [-0.39, 0.29) is 5.60 Å². The van der Waals surface area contributed by atoms with E-state index in [9.17, 15) is 0 Å². The Hall–Kier alpha value is -0.340. The van der Waals surface area contributed by atoms with Crippen molar-refractivity contribution in [1.29, 1.82) is 0 Å². The highest BCUT2D eigenvalue weighted by molar-refractivity contribution is 4.97. The third-order valence-electron chi connectivity index (χ3n) is 4.17. The summed E-state index contributed by atoms with van der Waals surface area (Å²) in [6, 6.07) is 0.475. The molecule has 2 heteroatoms. The fourth-order valence-electron chi connectivity index (χ4n) is 3.46. The van der Waals surface area contributed by atoms with E-state index < -0.39 is 0 Å². The number of nitrogens with one attached hydrogen (secondary N) is 1. The van der Waals surface area contributed by atoms with Crippen LogP contribution < -0.4 is 5.32 Å². The SMILES string of the molecule is C=CCCC(NCC)C1(OCC)CCCC(C)C1. The van der Waals surface area contributed by atoms with E-state index in [2.05, 4.69) is 32.7 Å². The van der Waals surface area contributed by atoms with Crippen molar-refractivity contribution in [2.24, 2.45) is 5.92 Å². The minimum Gasteiger partial charge on any atom is -0.374 e. The van der Waals surface area contributed by atoms with Gasteiger partial charge in [0.25, 0.3) is 0 Å². The normalized spacial score (nSPS) is 30.1. The summed E-state index contributed by atoms with van der Waals surface area (Å²) in [5.41, 5.74) is 0.0609. The Kier molecular flexibility index (Phi) is 6.95. The molecule has 1 fully saturated rings. The Labute approximate surface area is 113 Å². The third kappa shape index (κ3) is 4.10. The van der Waals surface area contributed by atoms with Crippen LogP contribution >= 0.6 is 0 Å². The molecule has 0 amide bonds. The maximum Gasteiger partial charge on any atom is 0.0837 e. The topological polar surface area (TPSA) is 21.3 Å². The Bertz CT molecular complexity index is 237. The first-order valence-electron chi connectivity index (χ1n) is 7.66. The van der Waals surface area contributed by atoms with Gasteiger partial charge in [0.2, 0.25) is 0 Å². The lowest BCUT2D eigenvalue weighted by atomic mass is 9.73. The Morgan fingerprint density at radius 2 is 2.28 bits per heavy atom. The van der Waals surface area contributed by atoms with Gasteiger partial charge in [-0.25, -0.2) is 0 Å². The zero-order valence-corrected chi connectivity index (χ0v) is 12.5. The second-order valence-corrected chi connectivity index (χ2v) is 5.68. The van der Waals surface area contributed by atoms with E-state index in [4.69, 9.17) is 4.74 Å². The van der Waals surface area contributed by atoms with E-state index in [1.807, 2.05) is 6.08 Å². The molecular weight excluding hydrogens is 222 g/mol. The molecule has 3 atom stereocenters. The molecule has 1 rings (SSSR count). The summed E-state index contributed by atoms with van der Waals surface area (Å²) in [4.78, 5) is 0. The van der Waals surface area contributed by atoms with Gasteiger partial charge in [-0.2, -0.15) is 0 Å². The highest BCUT2D eigenvalue weighted by Crippen LogP contribution is 2.39. The molecule has 0 aromatic heterocycles. The predicted molar refractivity (Wildman–Crippen MR) is 78.9 cm³/mol. The second kappa shape index (κ2) is 7.96. The molecule has 0 heterocycles. The quantitative estimate of drug-likeness (QED) is 0.662. The summed E-state index contributed by atoms with van der Waals surface area (Å²) >= 11 is 0. The summed E-state index contributed by atoms with van der Waals surface area (Å²) in [6.07, 6.45) is 9.31. The Balaban J connectivity index is 2.78. The monoisotopic (exact) mass is 253 g/mol. The fraction of sp³-hybridized carbons (Fsp3) is 0.875. The van der Waals surface area contributed by atoms with Crippen LogP contribution in [0.4, 0.5) is 0 Å². The van der Waals surface area contributed by atoms with Crippen molar-refractivity contribution in [2.45, 2.75) is 70.9 Å². The highest BCUT2D eigenvalue weighted by atomic mass is 16.5. The van der Waals surface area contributed by atoms with Crippen LogP contribution in [0.1, 0.15) is 59.3 Å². The molecule has 0 saturated heterocycles. The minimum absolute atomic E-state index is 0.0609. The van der Waals surface area contributed by atoms with Gasteiger partial charge in [0.15, 0.2) is 0 Å². The van der Waals surface area contributed by atoms with Crippen molar-refractivity contribution in [3.8, 4) is 0 Å². The fourth-order valence-corrected chi connectivity index (χ4v) is 3.46. The van der Waals surface area contributed by atoms with E-state index in [0.29, 0.717) is 6.04 Å². The molecule has 0 aromatic carbocycles. The Morgan fingerprint density at radius 3 is 2.83 bits per heavy atom. The lowest BCUT2D eigenvalue weighted by molar-refractivity contribution is -0.101. The number of rotatable bonds is 8. The van der Waals surface area contributed by atoms with E-state index in [0.717, 1.165) is 31.9 Å². The van der Waals surface area contributed by atoms with E-state index in [1.165, 1.54) is 25.7 Å². The zero-order chi connectivity index (χ0) is 13.4. The van der Waals surface area contributed by atoms with Crippen molar-refractivity contribution in [3.63, 3.8) is 0 Å². The standard InChI is InChI=1S/C16H31NO/c1-5-8-11-15(17-6-2)16(18-7-3)12-9-10-14(4)13-16/h5,14-15,17H,1,6-13H2,2-4H3. The van der Waals surface area contributed by atoms with Crippen LogP contribution in [-0.4, -0.2) is 24.8 Å². The first-order valence-corrected chi connectivity index (χ1v) is 7.66. The van der Waals surface area contributed by atoms with Gasteiger partial charge in [-0.05, 0) is 45.1 Å². The number of allylic oxidation sites excluding steroid dienone is 1. The van der Waals surface area contributed by atoms with Crippen LogP contribution in [0, 0.1) is 5.92 Å². The molecule has 1 saturated carbocycles. The van der Waals surface area contributed by atoms with Gasteiger partial charge in [0.1, 0.15) is 0 Å². The molecule has 106 valence electrons. The first-order chi connectivity index (χ1) is 8.68. The van der Waals surface area contributed by atoms with E-state index >= 15 is 0 Å². The number of hydrogen-bond acceptors (Lipinski definition) is 2. The van der Waals surface area contributed by atoms with Crippen LogP contribution in [0.3, 0.4) is 0 Å². The average Bonchev–Trinajstić information content (AvgIpc) is 2.34. The van der Waals surface area contributed by atoms with Gasteiger partial charge in [-0.15, -0.1) is 6.58 Å². The molecular formula is C16H31NO. The largest absolute Gasteiger partial charge is 0.374 e. The summed E-state index contributed by atoms with van der Waals surface area (Å²) in [5, 5.41) is 3.66. The number of likely N-dealkylation sites (N-methyl/N-ethyl adjacent to an activating group) is 1. The number of ether oxygens (including phenoxy) is 1. The maximum absolute atomic E-state index is 6.26. The second-order valence-electron chi connectivity index (χ2n) is 5.68. The molecule has 1 aliphatic rings. The molecule has 0 aromatic rings. The molecule has 0 spiro atoms. The first kappa shape index (κ1) is 15.7. The Morgan fingerprint density at radius 1 is 1.50 bits per heavy atom. The predicted octanol–water partition coefficient (Wildman–Crippen LogP) is 3.92. The number of hydrogen-bond donors (Lipinski definition) is 1. The van der Waals surface area contributed by atoms with Gasteiger partial charge in [0.05, 0.1) is 5.60 Å². The molecule has 1 aliphatic carbocycles. The molecule has 0 radical (unpaired) electrons. The van der Waals surface area contributed by atoms with Crippen LogP contribution in [0.5, 0.6) is 0 Å². The lowest BCUT2D eigenvalue weighted by Gasteiger charge is -2.45. The van der Waals surface area contributed by atoms with Crippen LogP contribution in [0.2, 0.25) is 0 Å². The van der Waals surface area contributed by atoms with Gasteiger partial charge in [-0.3, -0.25) is 0 Å². The summed E-state index contributed by atoms with van der Waals surface area (Å²) in [5.74, 6) is 0.787. The van der Waals surface area contributed by atoms with Gasteiger partial charge < -0.3 is 10.1 Å². The van der Waals surface area contributed by atoms with Crippen molar-refractivity contribution in [2.75, 3.05) is 13.2 Å². The van der Waals surface area contributed by atoms with Gasteiger partial charge in [-0.1, -0.05) is 32.8 Å². The van der Waals surface area contributed by atoms with Crippen molar-refractivity contribution in [1.82, 2.24) is 5.32 Å². The molecule has 3 unspecified atom stereocenters. The molecule has 1 N–H and O–H groups in total. The van der Waals surface area contributed by atoms with Crippen molar-refractivity contribution >= 4 is 0 Å². The lowest BCUT2D eigenvalue weighted by Crippen LogP contribution is -2.54. The van der Waals surface area contributed by atoms with Crippen LogP contribution in [-0.2, 0) is 4.74 Å². The minimum atomic E-state index is 0.0609. The van der Waals surface area contributed by atoms with Crippen molar-refractivity contribution < 1.29 is 4.74 Å². The summed E-state index contributed by atoms with van der Waals surface area (Å²) in [7, 11) is 0. The zero-order valence-electron chi connectivity index (χ0n) is 12.5. The van der Waals surface area contributed by atoms with Gasteiger partial charge in [0, 0.05) is 12.6 Å². The van der Waals surface area contributed by atoms with Crippen LogP contribution in [0.15, 0.2) is 12.7 Å². The highest BCUT2D eigenvalue weighted by Gasteiger charge is 2.41. The molecule has 2 nitrogen and oxygen atoms in total. The molecule has 0 bridgehead atoms. The summed E-state index contributed by atoms with van der Waals surface area (Å²) < 4.78 is 6.26. The average molecular weight is 253 g/mol. The van der Waals surface area contributed by atoms with Crippen LogP contribution in [0.25, 0.3) is 0 Å². The van der Waals surface area contributed by atoms with Gasteiger partial charge >= 0.3 is 0 Å². The maximum atomic E-state index is 6.26. The molecule has 18 heavy (non-hydrogen) atoms. The van der Waals surface area contributed by atoms with E-state index in [1.54, 1.807) is 0 Å². The molecule has 0 aliphatic heterocycles. The smallest absolute Gasteiger partial charge is 0.0837 e. The summed E-state index contributed by atoms with van der Waals surface area (Å²) in [6.45, 7) is 12.4. The van der Waals surface area contributed by atoms with Crippen molar-refractivity contribution in [3.05, 3.63) is 12.7 Å².